The second kappa shape index (κ2) is 7.22. The van der Waals surface area contributed by atoms with Crippen LogP contribution in [0.15, 0.2) is 29.1 Å². The maximum Gasteiger partial charge on any atom is 0.287 e. The molecule has 0 saturated carbocycles. The van der Waals surface area contributed by atoms with E-state index >= 15 is 0 Å². The van der Waals surface area contributed by atoms with Crippen molar-refractivity contribution in [1.29, 1.82) is 0 Å². The van der Waals surface area contributed by atoms with Crippen LogP contribution < -0.4 is 10.6 Å². The van der Waals surface area contributed by atoms with Gasteiger partial charge < -0.3 is 15.1 Å². The molecule has 2 aromatic rings. The zero-order chi connectivity index (χ0) is 15.1. The number of carbonyl (C=O) groups is 2. The third-order valence-electron chi connectivity index (χ3n) is 2.84. The van der Waals surface area contributed by atoms with Gasteiger partial charge in [-0.05, 0) is 25.5 Å². The summed E-state index contributed by atoms with van der Waals surface area (Å²) in [5, 5.41) is 11.8. The SMILES string of the molecule is CC(NC(=O)c1ccco1)C(=O)NCCCc1ncn[nH]1. The third-order valence-corrected chi connectivity index (χ3v) is 2.84. The highest BCUT2D eigenvalue weighted by Gasteiger charge is 2.17. The van der Waals surface area contributed by atoms with Gasteiger partial charge in [0.15, 0.2) is 5.76 Å². The van der Waals surface area contributed by atoms with Crippen molar-refractivity contribution in [1.82, 2.24) is 25.8 Å². The van der Waals surface area contributed by atoms with Crippen LogP contribution in [0.1, 0.15) is 29.7 Å². The molecule has 2 rings (SSSR count). The lowest BCUT2D eigenvalue weighted by molar-refractivity contribution is -0.122. The van der Waals surface area contributed by atoms with Gasteiger partial charge in [-0.25, -0.2) is 4.98 Å². The molecule has 0 aliphatic heterocycles. The van der Waals surface area contributed by atoms with E-state index in [2.05, 4.69) is 25.8 Å². The highest BCUT2D eigenvalue weighted by Crippen LogP contribution is 2.00. The maximum atomic E-state index is 11.8. The molecule has 0 fully saturated rings. The van der Waals surface area contributed by atoms with Crippen molar-refractivity contribution in [2.45, 2.75) is 25.8 Å². The Balaban J connectivity index is 1.66. The molecule has 8 nitrogen and oxygen atoms in total. The van der Waals surface area contributed by atoms with Crippen molar-refractivity contribution in [2.24, 2.45) is 0 Å². The van der Waals surface area contributed by atoms with Gasteiger partial charge in [-0.2, -0.15) is 5.10 Å². The number of H-pyrrole nitrogens is 1. The summed E-state index contributed by atoms with van der Waals surface area (Å²) in [5.74, 6) is 0.306. The zero-order valence-corrected chi connectivity index (χ0v) is 11.6. The highest BCUT2D eigenvalue weighted by atomic mass is 16.3. The van der Waals surface area contributed by atoms with Crippen molar-refractivity contribution in [3.05, 3.63) is 36.3 Å². The first-order valence-electron chi connectivity index (χ1n) is 6.63. The van der Waals surface area contributed by atoms with Gasteiger partial charge in [-0.3, -0.25) is 14.7 Å². The molecule has 1 unspecified atom stereocenters. The zero-order valence-electron chi connectivity index (χ0n) is 11.6. The van der Waals surface area contributed by atoms with Crippen molar-refractivity contribution in [3.8, 4) is 0 Å². The van der Waals surface area contributed by atoms with E-state index in [9.17, 15) is 9.59 Å². The van der Waals surface area contributed by atoms with Crippen LogP contribution in [-0.4, -0.2) is 39.6 Å². The first-order valence-corrected chi connectivity index (χ1v) is 6.63. The van der Waals surface area contributed by atoms with Gasteiger partial charge in [0.05, 0.1) is 6.26 Å². The summed E-state index contributed by atoms with van der Waals surface area (Å²) in [4.78, 5) is 27.5. The van der Waals surface area contributed by atoms with Crippen molar-refractivity contribution < 1.29 is 14.0 Å². The fraction of sp³-hybridized carbons (Fsp3) is 0.385. The van der Waals surface area contributed by atoms with Crippen molar-refractivity contribution >= 4 is 11.8 Å². The summed E-state index contributed by atoms with van der Waals surface area (Å²) in [6.45, 7) is 2.12. The number of aromatic nitrogens is 3. The van der Waals surface area contributed by atoms with E-state index < -0.39 is 11.9 Å². The predicted molar refractivity (Wildman–Crippen MR) is 73.3 cm³/mol. The second-order valence-corrected chi connectivity index (χ2v) is 4.50. The van der Waals surface area contributed by atoms with Crippen LogP contribution in [0.5, 0.6) is 0 Å². The number of aromatic amines is 1. The quantitative estimate of drug-likeness (QED) is 0.633. The minimum atomic E-state index is -0.632. The van der Waals surface area contributed by atoms with Gasteiger partial charge in [0.1, 0.15) is 18.2 Å². The minimum absolute atomic E-state index is 0.181. The summed E-state index contributed by atoms with van der Waals surface area (Å²) in [6.07, 6.45) is 4.29. The molecule has 1 atom stereocenters. The molecule has 8 heteroatoms. The maximum absolute atomic E-state index is 11.8. The Morgan fingerprint density at radius 2 is 2.33 bits per heavy atom. The number of nitrogens with one attached hydrogen (secondary N) is 3. The van der Waals surface area contributed by atoms with Crippen LogP contribution >= 0.6 is 0 Å². The average molecular weight is 291 g/mol. The number of rotatable bonds is 7. The Morgan fingerprint density at radius 3 is 3.00 bits per heavy atom. The summed E-state index contributed by atoms with van der Waals surface area (Å²) >= 11 is 0. The lowest BCUT2D eigenvalue weighted by Crippen LogP contribution is -2.45. The largest absolute Gasteiger partial charge is 0.459 e. The van der Waals surface area contributed by atoms with Crippen molar-refractivity contribution in [2.75, 3.05) is 6.54 Å². The van der Waals surface area contributed by atoms with Crippen LogP contribution in [-0.2, 0) is 11.2 Å². The van der Waals surface area contributed by atoms with Crippen LogP contribution in [0.4, 0.5) is 0 Å². The molecule has 0 saturated heterocycles. The Labute approximate surface area is 121 Å². The van der Waals surface area contributed by atoms with E-state index in [0.717, 1.165) is 12.2 Å². The fourth-order valence-electron chi connectivity index (χ4n) is 1.71. The topological polar surface area (TPSA) is 113 Å². The molecule has 0 bridgehead atoms. The van der Waals surface area contributed by atoms with Gasteiger partial charge in [-0.15, -0.1) is 0 Å². The molecule has 112 valence electrons. The van der Waals surface area contributed by atoms with Gasteiger partial charge in [-0.1, -0.05) is 0 Å². The standard InChI is InChI=1S/C13H17N5O3/c1-9(17-13(20)10-4-3-7-21-10)12(19)14-6-2-5-11-15-8-16-18-11/h3-4,7-9H,2,5-6H2,1H3,(H,14,19)(H,17,20)(H,15,16,18). The molecule has 0 aliphatic rings. The third kappa shape index (κ3) is 4.44. The molecule has 0 aliphatic carbocycles. The lowest BCUT2D eigenvalue weighted by atomic mass is 10.2. The molecule has 21 heavy (non-hydrogen) atoms. The molecule has 0 spiro atoms. The summed E-state index contributed by atoms with van der Waals surface area (Å²) in [7, 11) is 0. The number of nitrogens with zero attached hydrogens (tertiary/aromatic N) is 2. The van der Waals surface area contributed by atoms with Crippen LogP contribution in [0.25, 0.3) is 0 Å². The van der Waals surface area contributed by atoms with Gasteiger partial charge in [0, 0.05) is 13.0 Å². The summed E-state index contributed by atoms with van der Waals surface area (Å²) in [5.41, 5.74) is 0. The van der Waals surface area contributed by atoms with E-state index in [1.165, 1.54) is 18.7 Å². The molecule has 3 N–H and O–H groups in total. The molecule has 0 aromatic carbocycles. The lowest BCUT2D eigenvalue weighted by Gasteiger charge is -2.13. The molecule has 0 radical (unpaired) electrons. The Bertz CT molecular complexity index is 565. The number of furan rings is 1. The molecule has 2 amide bonds. The average Bonchev–Trinajstić information content (AvgIpc) is 3.15. The summed E-state index contributed by atoms with van der Waals surface area (Å²) < 4.78 is 4.96. The molecular weight excluding hydrogens is 274 g/mol. The van der Waals surface area contributed by atoms with E-state index in [0.29, 0.717) is 13.0 Å². The van der Waals surface area contributed by atoms with Crippen LogP contribution in [0.3, 0.4) is 0 Å². The van der Waals surface area contributed by atoms with Crippen LogP contribution in [0.2, 0.25) is 0 Å². The number of hydrogen-bond donors (Lipinski definition) is 3. The molecular formula is C13H17N5O3. The van der Waals surface area contributed by atoms with Crippen LogP contribution in [0, 0.1) is 0 Å². The normalized spacial score (nSPS) is 11.9. The first-order chi connectivity index (χ1) is 10.2. The first kappa shape index (κ1) is 14.8. The number of carbonyl (C=O) groups excluding carboxylic acids is 2. The van der Waals surface area contributed by atoms with E-state index in [1.54, 1.807) is 13.0 Å². The number of amides is 2. The Kier molecular flexibility index (Phi) is 5.08. The van der Waals surface area contributed by atoms with Crippen molar-refractivity contribution in [3.63, 3.8) is 0 Å². The Hall–Kier alpha value is -2.64. The number of aryl methyl sites for hydroxylation is 1. The van der Waals surface area contributed by atoms with E-state index in [-0.39, 0.29) is 11.7 Å². The highest BCUT2D eigenvalue weighted by molar-refractivity contribution is 5.95. The van der Waals surface area contributed by atoms with E-state index in [1.807, 2.05) is 0 Å². The second-order valence-electron chi connectivity index (χ2n) is 4.50. The van der Waals surface area contributed by atoms with E-state index in [4.69, 9.17) is 4.42 Å². The van der Waals surface area contributed by atoms with Gasteiger partial charge in [0.25, 0.3) is 5.91 Å². The monoisotopic (exact) mass is 291 g/mol. The number of hydrogen-bond acceptors (Lipinski definition) is 5. The van der Waals surface area contributed by atoms with Gasteiger partial charge >= 0.3 is 0 Å². The summed E-state index contributed by atoms with van der Waals surface area (Å²) in [6, 6.07) is 2.52. The molecule has 2 heterocycles. The Morgan fingerprint density at radius 1 is 1.48 bits per heavy atom. The fourth-order valence-corrected chi connectivity index (χ4v) is 1.71. The predicted octanol–water partition coefficient (Wildman–Crippen LogP) is 0.265. The smallest absolute Gasteiger partial charge is 0.287 e. The van der Waals surface area contributed by atoms with Gasteiger partial charge in [0.2, 0.25) is 5.91 Å². The minimum Gasteiger partial charge on any atom is -0.459 e. The molecule has 2 aromatic heterocycles.